The Morgan fingerprint density at radius 2 is 1.14 bits per heavy atom. The summed E-state index contributed by atoms with van der Waals surface area (Å²) in [6.07, 6.45) is 2.49. The van der Waals surface area contributed by atoms with Gasteiger partial charge in [-0.1, -0.05) is 0 Å². The first-order valence-electron chi connectivity index (χ1n) is 7.00. The normalized spacial score (nSPS) is 25.7. The van der Waals surface area contributed by atoms with Gasteiger partial charge in [0.05, 0.1) is 0 Å². The molecule has 0 aromatic heterocycles. The van der Waals surface area contributed by atoms with Gasteiger partial charge < -0.3 is 20.0 Å². The van der Waals surface area contributed by atoms with Crippen molar-refractivity contribution >= 4 is 23.8 Å². The molecule has 0 aromatic rings. The summed E-state index contributed by atoms with van der Waals surface area (Å²) in [5, 5.41) is 18.2. The number of carboxylic acid groups (broad SMARTS) is 2. The Morgan fingerprint density at radius 1 is 0.714 bits per heavy atom. The van der Waals surface area contributed by atoms with Crippen LogP contribution < -0.4 is 0 Å². The minimum absolute atomic E-state index is 0.215. The highest BCUT2D eigenvalue weighted by molar-refractivity contribution is 6.35. The SMILES string of the molecule is O=C(O)[C@@H]1CCCCN1C(=O)C(=O)N1CCC[C@H]1C(=O)O. The van der Waals surface area contributed by atoms with Crippen LogP contribution in [0.5, 0.6) is 0 Å². The molecule has 0 radical (unpaired) electrons. The van der Waals surface area contributed by atoms with E-state index in [1.807, 2.05) is 0 Å². The van der Waals surface area contributed by atoms with E-state index >= 15 is 0 Å². The lowest BCUT2D eigenvalue weighted by molar-refractivity contribution is -0.161. The predicted octanol–water partition coefficient (Wildman–Crippen LogP) is -0.472. The number of carboxylic acids is 2. The van der Waals surface area contributed by atoms with Crippen LogP contribution in [0.1, 0.15) is 32.1 Å². The third-order valence-electron chi connectivity index (χ3n) is 4.03. The van der Waals surface area contributed by atoms with Crippen LogP contribution in [-0.2, 0) is 19.2 Å². The van der Waals surface area contributed by atoms with E-state index in [1.54, 1.807) is 0 Å². The lowest BCUT2D eigenvalue weighted by Crippen LogP contribution is -2.55. The number of hydrogen-bond donors (Lipinski definition) is 2. The van der Waals surface area contributed by atoms with Gasteiger partial charge in [-0.15, -0.1) is 0 Å². The largest absolute Gasteiger partial charge is 0.480 e. The van der Waals surface area contributed by atoms with Crippen molar-refractivity contribution < 1.29 is 29.4 Å². The van der Waals surface area contributed by atoms with Gasteiger partial charge >= 0.3 is 23.8 Å². The maximum Gasteiger partial charge on any atom is 0.326 e. The number of aliphatic carboxylic acids is 2. The monoisotopic (exact) mass is 298 g/mol. The first-order chi connectivity index (χ1) is 9.93. The molecule has 0 aromatic carbocycles. The van der Waals surface area contributed by atoms with Crippen LogP contribution in [0.4, 0.5) is 0 Å². The maximum atomic E-state index is 12.2. The van der Waals surface area contributed by atoms with E-state index in [2.05, 4.69) is 0 Å². The highest BCUT2D eigenvalue weighted by atomic mass is 16.4. The predicted molar refractivity (Wildman–Crippen MR) is 69.4 cm³/mol. The molecule has 8 heteroatoms. The van der Waals surface area contributed by atoms with Crippen molar-refractivity contribution in [3.8, 4) is 0 Å². The van der Waals surface area contributed by atoms with Gasteiger partial charge in [-0.3, -0.25) is 9.59 Å². The number of piperidine rings is 1. The van der Waals surface area contributed by atoms with E-state index in [4.69, 9.17) is 10.2 Å². The number of hydrogen-bond acceptors (Lipinski definition) is 4. The fourth-order valence-electron chi connectivity index (χ4n) is 2.94. The lowest BCUT2D eigenvalue weighted by Gasteiger charge is -2.33. The average Bonchev–Trinajstić information content (AvgIpc) is 2.95. The van der Waals surface area contributed by atoms with Crippen molar-refractivity contribution in [3.63, 3.8) is 0 Å². The molecule has 116 valence electrons. The summed E-state index contributed by atoms with van der Waals surface area (Å²) < 4.78 is 0. The summed E-state index contributed by atoms with van der Waals surface area (Å²) >= 11 is 0. The summed E-state index contributed by atoms with van der Waals surface area (Å²) in [5.41, 5.74) is 0. The van der Waals surface area contributed by atoms with Crippen LogP contribution in [0.2, 0.25) is 0 Å². The van der Waals surface area contributed by atoms with E-state index in [-0.39, 0.29) is 13.1 Å². The zero-order valence-corrected chi connectivity index (χ0v) is 11.5. The molecule has 0 aliphatic carbocycles. The Kier molecular flexibility index (Phi) is 4.44. The Bertz CT molecular complexity index is 477. The molecular formula is C13H18N2O6. The molecular weight excluding hydrogens is 280 g/mol. The summed E-state index contributed by atoms with van der Waals surface area (Å²) in [6.45, 7) is 0.431. The molecule has 0 unspecified atom stereocenters. The first-order valence-corrected chi connectivity index (χ1v) is 7.00. The maximum absolute atomic E-state index is 12.2. The molecule has 0 saturated carbocycles. The summed E-state index contributed by atoms with van der Waals surface area (Å²) in [5.74, 6) is -4.09. The minimum Gasteiger partial charge on any atom is -0.480 e. The van der Waals surface area contributed by atoms with Crippen molar-refractivity contribution in [2.75, 3.05) is 13.1 Å². The minimum atomic E-state index is -1.14. The molecule has 2 amide bonds. The fourth-order valence-corrected chi connectivity index (χ4v) is 2.94. The Labute approximate surface area is 121 Å². The van der Waals surface area contributed by atoms with Gasteiger partial charge in [0.1, 0.15) is 12.1 Å². The van der Waals surface area contributed by atoms with Gasteiger partial charge in [0.2, 0.25) is 0 Å². The molecule has 2 fully saturated rings. The van der Waals surface area contributed by atoms with Crippen LogP contribution in [-0.4, -0.2) is 68.9 Å². The van der Waals surface area contributed by atoms with E-state index < -0.39 is 35.8 Å². The highest BCUT2D eigenvalue weighted by Crippen LogP contribution is 2.21. The smallest absolute Gasteiger partial charge is 0.326 e. The van der Waals surface area contributed by atoms with Crippen LogP contribution in [0.15, 0.2) is 0 Å². The lowest BCUT2D eigenvalue weighted by atomic mass is 10.0. The number of likely N-dealkylation sites (tertiary alicyclic amines) is 2. The molecule has 0 spiro atoms. The summed E-state index contributed by atoms with van der Waals surface area (Å²) in [4.78, 5) is 48.8. The Morgan fingerprint density at radius 3 is 1.62 bits per heavy atom. The van der Waals surface area contributed by atoms with Gasteiger partial charge in [0.25, 0.3) is 0 Å². The van der Waals surface area contributed by atoms with E-state index in [0.717, 1.165) is 9.80 Å². The molecule has 8 nitrogen and oxygen atoms in total. The van der Waals surface area contributed by atoms with Crippen LogP contribution in [0.3, 0.4) is 0 Å². The van der Waals surface area contributed by atoms with E-state index in [0.29, 0.717) is 32.1 Å². The van der Waals surface area contributed by atoms with Crippen LogP contribution in [0, 0.1) is 0 Å². The molecule has 2 aliphatic rings. The second-order valence-corrected chi connectivity index (χ2v) is 5.34. The van der Waals surface area contributed by atoms with E-state index in [1.165, 1.54) is 0 Å². The first kappa shape index (κ1) is 15.3. The topological polar surface area (TPSA) is 115 Å². The number of rotatable bonds is 2. The second kappa shape index (κ2) is 6.11. The molecule has 0 bridgehead atoms. The summed E-state index contributed by atoms with van der Waals surface area (Å²) in [7, 11) is 0. The van der Waals surface area contributed by atoms with Gasteiger partial charge in [-0.05, 0) is 32.1 Å². The van der Waals surface area contributed by atoms with Crippen molar-refractivity contribution in [2.24, 2.45) is 0 Å². The van der Waals surface area contributed by atoms with Gasteiger partial charge in [-0.25, -0.2) is 9.59 Å². The third kappa shape index (κ3) is 2.98. The zero-order chi connectivity index (χ0) is 15.6. The average molecular weight is 298 g/mol. The number of carbonyl (C=O) groups excluding carboxylic acids is 2. The molecule has 2 saturated heterocycles. The molecule has 2 heterocycles. The molecule has 2 aliphatic heterocycles. The third-order valence-corrected chi connectivity index (χ3v) is 4.03. The quantitative estimate of drug-likeness (QED) is 0.666. The van der Waals surface area contributed by atoms with E-state index in [9.17, 15) is 19.2 Å². The standard InChI is InChI=1S/C13H18N2O6/c16-10(14-6-2-1-4-8(14)12(18)19)11(17)15-7-3-5-9(15)13(20)21/h8-9H,1-7H2,(H,18,19)(H,20,21)/t8-,9-/m0/s1. The van der Waals surface area contributed by atoms with Gasteiger partial charge in [-0.2, -0.15) is 0 Å². The fraction of sp³-hybridized carbons (Fsp3) is 0.692. The van der Waals surface area contributed by atoms with Crippen LogP contribution >= 0.6 is 0 Å². The number of amides is 2. The number of carbonyl (C=O) groups is 4. The molecule has 2 N–H and O–H groups in total. The van der Waals surface area contributed by atoms with Crippen molar-refractivity contribution in [2.45, 2.75) is 44.2 Å². The van der Waals surface area contributed by atoms with Crippen LogP contribution in [0.25, 0.3) is 0 Å². The second-order valence-electron chi connectivity index (χ2n) is 5.34. The van der Waals surface area contributed by atoms with Gasteiger partial charge in [0, 0.05) is 13.1 Å². The van der Waals surface area contributed by atoms with Crippen molar-refractivity contribution in [3.05, 3.63) is 0 Å². The van der Waals surface area contributed by atoms with Crippen molar-refractivity contribution in [1.82, 2.24) is 9.80 Å². The zero-order valence-electron chi connectivity index (χ0n) is 11.5. The highest BCUT2D eigenvalue weighted by Gasteiger charge is 2.41. The molecule has 21 heavy (non-hydrogen) atoms. The van der Waals surface area contributed by atoms with Crippen molar-refractivity contribution in [1.29, 1.82) is 0 Å². The summed E-state index contributed by atoms with van der Waals surface area (Å²) in [6, 6.07) is -1.99. The Hall–Kier alpha value is -2.12. The Balaban J connectivity index is 2.12. The molecule has 2 atom stereocenters. The van der Waals surface area contributed by atoms with Gasteiger partial charge in [0.15, 0.2) is 0 Å². The number of nitrogens with zero attached hydrogens (tertiary/aromatic N) is 2. The molecule has 2 rings (SSSR count).